The lowest BCUT2D eigenvalue weighted by atomic mass is 10.1. The Morgan fingerprint density at radius 1 is 0.818 bits per heavy atom. The maximum atomic E-state index is 5.59. The summed E-state index contributed by atoms with van der Waals surface area (Å²) in [5.74, 6) is 0.717. The predicted molar refractivity (Wildman–Crippen MR) is 82.7 cm³/mol. The number of hydrogen-bond donors (Lipinski definition) is 0. The Morgan fingerprint density at radius 2 is 1.64 bits per heavy atom. The maximum absolute atomic E-state index is 5.59. The number of para-hydroxylation sites is 1. The van der Waals surface area contributed by atoms with Gasteiger partial charge in [0.05, 0.1) is 0 Å². The van der Waals surface area contributed by atoms with Gasteiger partial charge in [0.15, 0.2) is 0 Å². The van der Waals surface area contributed by atoms with Crippen LogP contribution in [-0.4, -0.2) is 19.4 Å². The molecule has 0 aliphatic heterocycles. The summed E-state index contributed by atoms with van der Waals surface area (Å²) in [7, 11) is 0. The van der Waals surface area contributed by atoms with Gasteiger partial charge >= 0.3 is 6.01 Å². The Kier molecular flexibility index (Phi) is 3.01. The van der Waals surface area contributed by atoms with Crippen LogP contribution in [0.1, 0.15) is 0 Å². The molecule has 0 bridgehead atoms. The minimum absolute atomic E-state index is 0.330. The number of aromatic nitrogens is 4. The third kappa shape index (κ3) is 2.40. The normalized spacial score (nSPS) is 10.7. The predicted octanol–water partition coefficient (Wildman–Crippen LogP) is 3.58. The van der Waals surface area contributed by atoms with Crippen molar-refractivity contribution in [2.75, 3.05) is 0 Å². The van der Waals surface area contributed by atoms with Gasteiger partial charge in [-0.25, -0.2) is 15.0 Å². The first-order chi connectivity index (χ1) is 10.9. The van der Waals surface area contributed by atoms with Gasteiger partial charge in [-0.05, 0) is 29.8 Å². The summed E-state index contributed by atoms with van der Waals surface area (Å²) in [6.45, 7) is 0. The zero-order valence-corrected chi connectivity index (χ0v) is 11.6. The average Bonchev–Trinajstić information content (AvgIpc) is 3.04. The summed E-state index contributed by atoms with van der Waals surface area (Å²) in [6, 6.07) is 13.8. The fourth-order valence-corrected chi connectivity index (χ4v) is 2.20. The summed E-state index contributed by atoms with van der Waals surface area (Å²) >= 11 is 0. The molecule has 0 atom stereocenters. The van der Waals surface area contributed by atoms with Gasteiger partial charge in [-0.2, -0.15) is 0 Å². The molecule has 0 N–H and O–H groups in total. The number of hydrogen-bond acceptors (Lipinski definition) is 4. The molecule has 3 heterocycles. The van der Waals surface area contributed by atoms with Crippen LogP contribution in [-0.2, 0) is 0 Å². The second-order valence-electron chi connectivity index (χ2n) is 4.78. The van der Waals surface area contributed by atoms with Crippen molar-refractivity contribution in [3.63, 3.8) is 0 Å². The lowest BCUT2D eigenvalue weighted by Crippen LogP contribution is -1.92. The number of imidazole rings is 1. The highest BCUT2D eigenvalue weighted by molar-refractivity contribution is 5.65. The molecule has 0 saturated carbocycles. The lowest BCUT2D eigenvalue weighted by molar-refractivity contribution is 0.442. The first kappa shape index (κ1) is 12.5. The van der Waals surface area contributed by atoms with E-state index in [1.54, 1.807) is 18.6 Å². The van der Waals surface area contributed by atoms with Crippen molar-refractivity contribution in [2.45, 2.75) is 0 Å². The molecule has 0 fully saturated rings. The van der Waals surface area contributed by atoms with Gasteiger partial charge in [0, 0.05) is 36.5 Å². The van der Waals surface area contributed by atoms with E-state index in [1.807, 2.05) is 59.3 Å². The molecular formula is C17H12N4O. The van der Waals surface area contributed by atoms with E-state index in [1.165, 1.54) is 0 Å². The number of nitrogens with zero attached hydrogens (tertiary/aromatic N) is 4. The molecule has 106 valence electrons. The number of ether oxygens (including phenoxy) is 1. The molecular weight excluding hydrogens is 276 g/mol. The molecule has 0 radical (unpaired) electrons. The van der Waals surface area contributed by atoms with Crippen molar-refractivity contribution in [1.29, 1.82) is 0 Å². The van der Waals surface area contributed by atoms with Gasteiger partial charge in [0.25, 0.3) is 0 Å². The summed E-state index contributed by atoms with van der Waals surface area (Å²) in [4.78, 5) is 12.8. The van der Waals surface area contributed by atoms with Gasteiger partial charge in [0.2, 0.25) is 0 Å². The number of rotatable bonds is 3. The van der Waals surface area contributed by atoms with Crippen LogP contribution in [0.25, 0.3) is 16.8 Å². The van der Waals surface area contributed by atoms with E-state index in [4.69, 9.17) is 4.74 Å². The van der Waals surface area contributed by atoms with Crippen LogP contribution in [0.4, 0.5) is 0 Å². The fraction of sp³-hybridized carbons (Fsp3) is 0. The topological polar surface area (TPSA) is 52.3 Å². The third-order valence-electron chi connectivity index (χ3n) is 3.31. The highest BCUT2D eigenvalue weighted by atomic mass is 16.5. The Hall–Kier alpha value is -3.21. The second kappa shape index (κ2) is 5.29. The highest BCUT2D eigenvalue weighted by Crippen LogP contribution is 2.21. The smallest absolute Gasteiger partial charge is 0.321 e. The van der Waals surface area contributed by atoms with E-state index >= 15 is 0 Å². The van der Waals surface area contributed by atoms with Crippen LogP contribution < -0.4 is 4.74 Å². The molecule has 0 unspecified atom stereocenters. The molecule has 0 aliphatic rings. The van der Waals surface area contributed by atoms with Crippen LogP contribution >= 0.6 is 0 Å². The van der Waals surface area contributed by atoms with E-state index in [-0.39, 0.29) is 0 Å². The van der Waals surface area contributed by atoms with Gasteiger partial charge in [0.1, 0.15) is 11.4 Å². The van der Waals surface area contributed by atoms with Crippen LogP contribution in [0, 0.1) is 0 Å². The number of benzene rings is 1. The monoisotopic (exact) mass is 288 g/mol. The number of fused-ring (bicyclic) bond motifs is 1. The second-order valence-corrected chi connectivity index (χ2v) is 4.78. The molecule has 0 saturated heterocycles. The quantitative estimate of drug-likeness (QED) is 0.578. The van der Waals surface area contributed by atoms with E-state index in [2.05, 4.69) is 15.0 Å². The third-order valence-corrected chi connectivity index (χ3v) is 3.31. The van der Waals surface area contributed by atoms with Gasteiger partial charge < -0.3 is 9.14 Å². The Balaban J connectivity index is 1.61. The molecule has 3 aromatic heterocycles. The SMILES string of the molecule is c1ccc(Oc2ncc(-c3ccn4ccnc4c3)cn2)cc1. The molecule has 0 amide bonds. The number of pyridine rings is 1. The Bertz CT molecular complexity index is 901. The summed E-state index contributed by atoms with van der Waals surface area (Å²) in [5, 5.41) is 0. The first-order valence-electron chi connectivity index (χ1n) is 6.86. The van der Waals surface area contributed by atoms with Crippen molar-refractivity contribution in [3.05, 3.63) is 73.4 Å². The molecule has 1 aromatic carbocycles. The van der Waals surface area contributed by atoms with Gasteiger partial charge in [-0.1, -0.05) is 18.2 Å². The van der Waals surface area contributed by atoms with Crippen LogP contribution in [0.5, 0.6) is 11.8 Å². The summed E-state index contributed by atoms with van der Waals surface area (Å²) < 4.78 is 7.54. The van der Waals surface area contributed by atoms with Gasteiger partial charge in [-0.3, -0.25) is 0 Å². The van der Waals surface area contributed by atoms with Crippen LogP contribution in [0.2, 0.25) is 0 Å². The molecule has 22 heavy (non-hydrogen) atoms. The zero-order chi connectivity index (χ0) is 14.8. The molecule has 0 aliphatic carbocycles. The van der Waals surface area contributed by atoms with Crippen molar-refractivity contribution in [1.82, 2.24) is 19.4 Å². The molecule has 4 rings (SSSR count). The molecule has 0 spiro atoms. The maximum Gasteiger partial charge on any atom is 0.321 e. The first-order valence-corrected chi connectivity index (χ1v) is 6.86. The average molecular weight is 288 g/mol. The van der Waals surface area contributed by atoms with E-state index in [0.717, 1.165) is 16.8 Å². The Labute approximate surface area is 126 Å². The Morgan fingerprint density at radius 3 is 2.45 bits per heavy atom. The fourth-order valence-electron chi connectivity index (χ4n) is 2.20. The minimum atomic E-state index is 0.330. The van der Waals surface area contributed by atoms with Crippen molar-refractivity contribution < 1.29 is 4.74 Å². The zero-order valence-electron chi connectivity index (χ0n) is 11.6. The largest absolute Gasteiger partial charge is 0.424 e. The minimum Gasteiger partial charge on any atom is -0.424 e. The van der Waals surface area contributed by atoms with Crippen LogP contribution in [0.3, 0.4) is 0 Å². The van der Waals surface area contributed by atoms with Crippen LogP contribution in [0.15, 0.2) is 73.4 Å². The van der Waals surface area contributed by atoms with E-state index < -0.39 is 0 Å². The van der Waals surface area contributed by atoms with Crippen molar-refractivity contribution >= 4 is 5.65 Å². The lowest BCUT2D eigenvalue weighted by Gasteiger charge is -2.05. The van der Waals surface area contributed by atoms with Gasteiger partial charge in [-0.15, -0.1) is 0 Å². The van der Waals surface area contributed by atoms with Crippen molar-refractivity contribution in [2.24, 2.45) is 0 Å². The summed E-state index contributed by atoms with van der Waals surface area (Å²) in [6.07, 6.45) is 9.14. The molecule has 5 heteroatoms. The van der Waals surface area contributed by atoms with Crippen molar-refractivity contribution in [3.8, 4) is 22.9 Å². The van der Waals surface area contributed by atoms with E-state index in [9.17, 15) is 0 Å². The summed E-state index contributed by atoms with van der Waals surface area (Å²) in [5.41, 5.74) is 2.83. The highest BCUT2D eigenvalue weighted by Gasteiger charge is 2.04. The molecule has 4 aromatic rings. The standard InChI is InChI=1S/C17H12N4O/c1-2-4-15(5-3-1)22-17-19-11-14(12-20-17)13-6-8-21-9-7-18-16(21)10-13/h1-12H. The van der Waals surface area contributed by atoms with E-state index in [0.29, 0.717) is 11.8 Å². The molecule has 5 nitrogen and oxygen atoms in total.